The third kappa shape index (κ3) is 1.11. The van der Waals surface area contributed by atoms with Gasteiger partial charge in [-0.2, -0.15) is 10.2 Å². The predicted molar refractivity (Wildman–Crippen MR) is 51.2 cm³/mol. The van der Waals surface area contributed by atoms with Crippen molar-refractivity contribution in [2.45, 2.75) is 13.8 Å². The largest absolute Gasteiger partial charge is 0.397 e. The van der Waals surface area contributed by atoms with E-state index in [1.54, 1.807) is 12.4 Å². The first-order chi connectivity index (χ1) is 6.20. The molecule has 4 nitrogen and oxygen atoms in total. The average Bonchev–Trinajstić information content (AvgIpc) is 2.12. The summed E-state index contributed by atoms with van der Waals surface area (Å²) in [5, 5.41) is 9.95. The molecule has 0 amide bonds. The van der Waals surface area contributed by atoms with E-state index in [1.807, 2.05) is 13.8 Å². The Balaban J connectivity index is 3.00. The maximum atomic E-state index is 5.80. The van der Waals surface area contributed by atoms with Crippen molar-refractivity contribution in [3.63, 3.8) is 0 Å². The Labute approximate surface area is 75.8 Å². The molecule has 2 aromatic rings. The summed E-state index contributed by atoms with van der Waals surface area (Å²) in [6.45, 7) is 3.79. The lowest BCUT2D eigenvalue weighted by Gasteiger charge is -2.04. The summed E-state index contributed by atoms with van der Waals surface area (Å²) in [5.41, 5.74) is 8.16. The summed E-state index contributed by atoms with van der Waals surface area (Å²) in [7, 11) is 0. The molecule has 0 aliphatic carbocycles. The summed E-state index contributed by atoms with van der Waals surface area (Å²) < 4.78 is 0. The van der Waals surface area contributed by atoms with E-state index in [0.29, 0.717) is 5.69 Å². The van der Waals surface area contributed by atoms with Gasteiger partial charge in [-0.3, -0.25) is 4.98 Å². The molecule has 0 fully saturated rings. The number of aromatic nitrogens is 3. The molecule has 0 unspecified atom stereocenters. The number of anilines is 1. The molecular weight excluding hydrogens is 164 g/mol. The van der Waals surface area contributed by atoms with Gasteiger partial charge in [0.15, 0.2) is 0 Å². The Morgan fingerprint density at radius 2 is 1.77 bits per heavy atom. The van der Waals surface area contributed by atoms with Gasteiger partial charge in [-0.25, -0.2) is 0 Å². The topological polar surface area (TPSA) is 64.7 Å². The normalized spacial score (nSPS) is 10.6. The zero-order valence-corrected chi connectivity index (χ0v) is 7.57. The van der Waals surface area contributed by atoms with Gasteiger partial charge in [0.2, 0.25) is 0 Å². The van der Waals surface area contributed by atoms with Crippen LogP contribution in [-0.4, -0.2) is 15.2 Å². The molecule has 0 atom stereocenters. The monoisotopic (exact) mass is 174 g/mol. The lowest BCUT2D eigenvalue weighted by molar-refractivity contribution is 0.963. The minimum Gasteiger partial charge on any atom is -0.397 e. The molecule has 2 rings (SSSR count). The van der Waals surface area contributed by atoms with Crippen LogP contribution in [0, 0.1) is 13.8 Å². The molecular formula is C9H10N4. The van der Waals surface area contributed by atoms with Crippen LogP contribution in [0.2, 0.25) is 0 Å². The maximum absolute atomic E-state index is 5.80. The van der Waals surface area contributed by atoms with E-state index in [-0.39, 0.29) is 0 Å². The van der Waals surface area contributed by atoms with Crippen molar-refractivity contribution in [3.05, 3.63) is 23.8 Å². The SMILES string of the molecule is Cc1nnc(C)c2c(N)cncc12. The van der Waals surface area contributed by atoms with E-state index in [9.17, 15) is 0 Å². The Bertz CT molecular complexity index is 456. The van der Waals surface area contributed by atoms with Gasteiger partial charge in [-0.15, -0.1) is 0 Å². The molecule has 0 bridgehead atoms. The van der Waals surface area contributed by atoms with E-state index in [0.717, 1.165) is 22.2 Å². The van der Waals surface area contributed by atoms with Gasteiger partial charge in [0.25, 0.3) is 0 Å². The first kappa shape index (κ1) is 7.91. The van der Waals surface area contributed by atoms with E-state index in [4.69, 9.17) is 5.73 Å². The van der Waals surface area contributed by atoms with E-state index >= 15 is 0 Å². The molecule has 0 saturated carbocycles. The highest BCUT2D eigenvalue weighted by atomic mass is 15.1. The third-order valence-electron chi connectivity index (χ3n) is 2.08. The van der Waals surface area contributed by atoms with Crippen molar-refractivity contribution in [1.82, 2.24) is 15.2 Å². The highest BCUT2D eigenvalue weighted by Crippen LogP contribution is 2.22. The van der Waals surface area contributed by atoms with Crippen LogP contribution in [0.15, 0.2) is 12.4 Å². The Kier molecular flexibility index (Phi) is 1.62. The number of nitrogens with zero attached hydrogens (tertiary/aromatic N) is 3. The first-order valence-electron chi connectivity index (χ1n) is 4.03. The standard InChI is InChI=1S/C9H10N4/c1-5-7-3-11-4-8(10)9(7)6(2)13-12-5/h3-4H,10H2,1-2H3. The van der Waals surface area contributed by atoms with Crippen LogP contribution in [0.25, 0.3) is 10.8 Å². The summed E-state index contributed by atoms with van der Waals surface area (Å²) >= 11 is 0. The number of rotatable bonds is 0. The molecule has 0 aliphatic heterocycles. The molecule has 0 radical (unpaired) electrons. The van der Waals surface area contributed by atoms with Gasteiger partial charge >= 0.3 is 0 Å². The Morgan fingerprint density at radius 3 is 2.46 bits per heavy atom. The van der Waals surface area contributed by atoms with Crippen LogP contribution in [-0.2, 0) is 0 Å². The van der Waals surface area contributed by atoms with E-state index < -0.39 is 0 Å². The van der Waals surface area contributed by atoms with Gasteiger partial charge < -0.3 is 5.73 Å². The molecule has 13 heavy (non-hydrogen) atoms. The van der Waals surface area contributed by atoms with E-state index in [2.05, 4.69) is 15.2 Å². The van der Waals surface area contributed by atoms with Gasteiger partial charge in [0, 0.05) is 17.0 Å². The van der Waals surface area contributed by atoms with Gasteiger partial charge in [-0.05, 0) is 13.8 Å². The fourth-order valence-electron chi connectivity index (χ4n) is 1.41. The van der Waals surface area contributed by atoms with Crippen LogP contribution >= 0.6 is 0 Å². The smallest absolute Gasteiger partial charge is 0.0700 e. The summed E-state index contributed by atoms with van der Waals surface area (Å²) in [4.78, 5) is 4.02. The second-order valence-electron chi connectivity index (χ2n) is 3.02. The van der Waals surface area contributed by atoms with Crippen LogP contribution in [0.4, 0.5) is 5.69 Å². The highest BCUT2D eigenvalue weighted by Gasteiger charge is 2.05. The molecule has 0 saturated heterocycles. The zero-order valence-electron chi connectivity index (χ0n) is 7.57. The number of aryl methyl sites for hydroxylation is 2. The molecule has 2 N–H and O–H groups in total. The van der Waals surface area contributed by atoms with E-state index in [1.165, 1.54) is 0 Å². The molecule has 2 aromatic heterocycles. The fraction of sp³-hybridized carbons (Fsp3) is 0.222. The number of hydrogen-bond acceptors (Lipinski definition) is 4. The summed E-state index contributed by atoms with van der Waals surface area (Å²) in [6, 6.07) is 0. The predicted octanol–water partition coefficient (Wildman–Crippen LogP) is 1.22. The lowest BCUT2D eigenvalue weighted by atomic mass is 10.1. The molecule has 4 heteroatoms. The van der Waals surface area contributed by atoms with Gasteiger partial charge in [-0.1, -0.05) is 0 Å². The number of hydrogen-bond donors (Lipinski definition) is 1. The average molecular weight is 174 g/mol. The van der Waals surface area contributed by atoms with Crippen molar-refractivity contribution in [1.29, 1.82) is 0 Å². The quantitative estimate of drug-likeness (QED) is 0.652. The van der Waals surface area contributed by atoms with Crippen LogP contribution in [0.5, 0.6) is 0 Å². The first-order valence-corrected chi connectivity index (χ1v) is 4.03. The number of pyridine rings is 1. The Morgan fingerprint density at radius 1 is 1.08 bits per heavy atom. The number of fused-ring (bicyclic) bond motifs is 1. The molecule has 0 spiro atoms. The summed E-state index contributed by atoms with van der Waals surface area (Å²) in [6.07, 6.45) is 3.40. The number of nitrogens with two attached hydrogens (primary N) is 1. The van der Waals surface area contributed by atoms with Crippen LogP contribution in [0.3, 0.4) is 0 Å². The maximum Gasteiger partial charge on any atom is 0.0700 e. The second-order valence-corrected chi connectivity index (χ2v) is 3.02. The fourth-order valence-corrected chi connectivity index (χ4v) is 1.41. The third-order valence-corrected chi connectivity index (χ3v) is 2.08. The van der Waals surface area contributed by atoms with Crippen molar-refractivity contribution in [2.75, 3.05) is 5.73 Å². The van der Waals surface area contributed by atoms with Crippen molar-refractivity contribution < 1.29 is 0 Å². The minimum absolute atomic E-state index is 0.660. The second kappa shape index (κ2) is 2.65. The Hall–Kier alpha value is -1.71. The van der Waals surface area contributed by atoms with Crippen molar-refractivity contribution >= 4 is 16.5 Å². The van der Waals surface area contributed by atoms with Crippen molar-refractivity contribution in [3.8, 4) is 0 Å². The van der Waals surface area contributed by atoms with Crippen LogP contribution in [0.1, 0.15) is 11.4 Å². The minimum atomic E-state index is 0.660. The molecule has 0 aliphatic rings. The van der Waals surface area contributed by atoms with Gasteiger partial charge in [0.1, 0.15) is 0 Å². The highest BCUT2D eigenvalue weighted by molar-refractivity contribution is 5.94. The van der Waals surface area contributed by atoms with Crippen molar-refractivity contribution in [2.24, 2.45) is 0 Å². The number of nitrogen functional groups attached to an aromatic ring is 1. The van der Waals surface area contributed by atoms with Crippen LogP contribution < -0.4 is 5.73 Å². The molecule has 0 aromatic carbocycles. The zero-order chi connectivity index (χ0) is 9.42. The van der Waals surface area contributed by atoms with Gasteiger partial charge in [0.05, 0.1) is 23.3 Å². The summed E-state index contributed by atoms with van der Waals surface area (Å²) in [5.74, 6) is 0. The molecule has 2 heterocycles. The molecule has 66 valence electrons. The lowest BCUT2D eigenvalue weighted by Crippen LogP contribution is -1.97.